The summed E-state index contributed by atoms with van der Waals surface area (Å²) in [6.07, 6.45) is 6.92. The average molecular weight is 264 g/mol. The third-order valence-corrected chi connectivity index (χ3v) is 2.66. The van der Waals surface area contributed by atoms with Crippen molar-refractivity contribution >= 4 is 12.0 Å². The van der Waals surface area contributed by atoms with Gasteiger partial charge in [-0.1, -0.05) is 32.3 Å². The molecule has 0 saturated heterocycles. The number of aromatic hydroxyl groups is 1. The van der Waals surface area contributed by atoms with Crippen LogP contribution in [0.15, 0.2) is 24.3 Å². The molecular weight excluding hydrogens is 244 g/mol. The van der Waals surface area contributed by atoms with E-state index >= 15 is 0 Å². The molecule has 4 heteroatoms. The van der Waals surface area contributed by atoms with E-state index in [4.69, 9.17) is 9.84 Å². The Morgan fingerprint density at radius 3 is 2.79 bits per heavy atom. The van der Waals surface area contributed by atoms with Crippen LogP contribution in [-0.4, -0.2) is 22.8 Å². The van der Waals surface area contributed by atoms with Gasteiger partial charge in [0.15, 0.2) is 11.5 Å². The number of carbonyl (C=O) groups is 1. The summed E-state index contributed by atoms with van der Waals surface area (Å²) in [7, 11) is 0. The summed E-state index contributed by atoms with van der Waals surface area (Å²) < 4.78 is 5.50. The van der Waals surface area contributed by atoms with Gasteiger partial charge in [0.1, 0.15) is 0 Å². The molecule has 19 heavy (non-hydrogen) atoms. The molecule has 0 aliphatic carbocycles. The summed E-state index contributed by atoms with van der Waals surface area (Å²) in [5, 5.41) is 18.2. The molecule has 0 unspecified atom stereocenters. The minimum absolute atomic E-state index is 0.0722. The zero-order chi connectivity index (χ0) is 14.1. The van der Waals surface area contributed by atoms with E-state index in [1.807, 2.05) is 0 Å². The van der Waals surface area contributed by atoms with Crippen LogP contribution < -0.4 is 4.74 Å². The van der Waals surface area contributed by atoms with Gasteiger partial charge in [-0.15, -0.1) is 0 Å². The van der Waals surface area contributed by atoms with Crippen molar-refractivity contribution in [1.29, 1.82) is 0 Å². The number of carboxylic acid groups (broad SMARTS) is 1. The minimum Gasteiger partial charge on any atom is -0.504 e. The summed E-state index contributed by atoms with van der Waals surface area (Å²) in [6.45, 7) is 2.70. The van der Waals surface area contributed by atoms with Crippen LogP contribution in [0.5, 0.6) is 11.5 Å². The topological polar surface area (TPSA) is 66.8 Å². The lowest BCUT2D eigenvalue weighted by Crippen LogP contribution is -1.97. The Kier molecular flexibility index (Phi) is 6.50. The highest BCUT2D eigenvalue weighted by molar-refractivity contribution is 5.85. The molecule has 0 saturated carbocycles. The van der Waals surface area contributed by atoms with Crippen molar-refractivity contribution in [2.75, 3.05) is 6.61 Å². The second-order valence-electron chi connectivity index (χ2n) is 4.31. The van der Waals surface area contributed by atoms with Crippen molar-refractivity contribution in [3.63, 3.8) is 0 Å². The number of benzene rings is 1. The first-order chi connectivity index (χ1) is 9.13. The smallest absolute Gasteiger partial charge is 0.328 e. The van der Waals surface area contributed by atoms with Crippen molar-refractivity contribution in [3.8, 4) is 11.5 Å². The van der Waals surface area contributed by atoms with Gasteiger partial charge in [0.2, 0.25) is 0 Å². The number of phenols is 1. The molecule has 0 amide bonds. The van der Waals surface area contributed by atoms with Crippen LogP contribution in [-0.2, 0) is 4.79 Å². The van der Waals surface area contributed by atoms with Gasteiger partial charge < -0.3 is 14.9 Å². The maximum Gasteiger partial charge on any atom is 0.328 e. The normalized spacial score (nSPS) is 10.8. The first-order valence-electron chi connectivity index (χ1n) is 6.50. The Bertz CT molecular complexity index is 438. The van der Waals surface area contributed by atoms with Crippen LogP contribution >= 0.6 is 0 Å². The Labute approximate surface area is 113 Å². The zero-order valence-electron chi connectivity index (χ0n) is 11.1. The molecule has 0 bridgehead atoms. The van der Waals surface area contributed by atoms with Crippen molar-refractivity contribution in [2.45, 2.75) is 32.6 Å². The number of rotatable bonds is 8. The molecule has 0 heterocycles. The first kappa shape index (κ1) is 15.1. The summed E-state index contributed by atoms with van der Waals surface area (Å²) >= 11 is 0. The second kappa shape index (κ2) is 8.19. The van der Waals surface area contributed by atoms with E-state index in [2.05, 4.69) is 6.92 Å². The molecule has 1 aromatic rings. The first-order valence-corrected chi connectivity index (χ1v) is 6.50. The number of ether oxygens (including phenoxy) is 1. The van der Waals surface area contributed by atoms with Crippen LogP contribution in [0.3, 0.4) is 0 Å². The van der Waals surface area contributed by atoms with E-state index in [0.717, 1.165) is 18.9 Å². The average Bonchev–Trinajstić information content (AvgIpc) is 2.39. The fourth-order valence-corrected chi connectivity index (χ4v) is 1.63. The molecule has 104 valence electrons. The second-order valence-corrected chi connectivity index (χ2v) is 4.31. The van der Waals surface area contributed by atoms with Gasteiger partial charge >= 0.3 is 5.97 Å². The number of phenolic OH excluding ortho intramolecular Hbond substituents is 1. The van der Waals surface area contributed by atoms with Gasteiger partial charge in [0, 0.05) is 6.08 Å². The van der Waals surface area contributed by atoms with Gasteiger partial charge in [-0.05, 0) is 30.2 Å². The monoisotopic (exact) mass is 264 g/mol. The van der Waals surface area contributed by atoms with Crippen molar-refractivity contribution < 1.29 is 19.7 Å². The lowest BCUT2D eigenvalue weighted by molar-refractivity contribution is -0.131. The highest BCUT2D eigenvalue weighted by atomic mass is 16.5. The van der Waals surface area contributed by atoms with Crippen molar-refractivity contribution in [3.05, 3.63) is 29.8 Å². The number of aliphatic carboxylic acids is 1. The maximum atomic E-state index is 10.4. The summed E-state index contributed by atoms with van der Waals surface area (Å²) in [5.41, 5.74) is 0.684. The lowest BCUT2D eigenvalue weighted by Gasteiger charge is -2.08. The van der Waals surface area contributed by atoms with E-state index in [-0.39, 0.29) is 5.75 Å². The molecule has 0 aliphatic rings. The van der Waals surface area contributed by atoms with Crippen LogP contribution in [0, 0.1) is 0 Å². The third kappa shape index (κ3) is 5.95. The van der Waals surface area contributed by atoms with E-state index in [9.17, 15) is 9.90 Å². The number of hydrogen-bond acceptors (Lipinski definition) is 3. The molecule has 0 fully saturated rings. The van der Waals surface area contributed by atoms with Crippen molar-refractivity contribution in [1.82, 2.24) is 0 Å². The van der Waals surface area contributed by atoms with Crippen LogP contribution in [0.2, 0.25) is 0 Å². The number of unbranched alkanes of at least 4 members (excludes halogenated alkanes) is 3. The van der Waals surface area contributed by atoms with Crippen LogP contribution in [0.25, 0.3) is 6.08 Å². The van der Waals surface area contributed by atoms with E-state index in [1.165, 1.54) is 25.0 Å². The lowest BCUT2D eigenvalue weighted by atomic mass is 10.2. The highest BCUT2D eigenvalue weighted by Crippen LogP contribution is 2.27. The molecule has 1 aromatic carbocycles. The summed E-state index contributed by atoms with van der Waals surface area (Å²) in [6, 6.07) is 4.77. The van der Waals surface area contributed by atoms with E-state index < -0.39 is 5.97 Å². The number of carboxylic acids is 1. The fourth-order valence-electron chi connectivity index (χ4n) is 1.63. The molecule has 0 aromatic heterocycles. The maximum absolute atomic E-state index is 10.4. The van der Waals surface area contributed by atoms with Crippen molar-refractivity contribution in [2.24, 2.45) is 0 Å². The van der Waals surface area contributed by atoms with Gasteiger partial charge in [0.05, 0.1) is 6.61 Å². The zero-order valence-corrected chi connectivity index (χ0v) is 11.1. The highest BCUT2D eigenvalue weighted by Gasteiger charge is 2.03. The van der Waals surface area contributed by atoms with Gasteiger partial charge in [0.25, 0.3) is 0 Å². The predicted molar refractivity (Wildman–Crippen MR) is 74.4 cm³/mol. The van der Waals surface area contributed by atoms with Gasteiger partial charge in [-0.2, -0.15) is 0 Å². The molecule has 0 radical (unpaired) electrons. The van der Waals surface area contributed by atoms with E-state index in [1.54, 1.807) is 12.1 Å². The summed E-state index contributed by atoms with van der Waals surface area (Å²) in [5.74, 6) is -0.540. The number of hydrogen-bond donors (Lipinski definition) is 2. The molecular formula is C15H20O4. The molecule has 0 spiro atoms. The summed E-state index contributed by atoms with van der Waals surface area (Å²) in [4.78, 5) is 10.4. The molecule has 0 atom stereocenters. The predicted octanol–water partition coefficient (Wildman–Crippen LogP) is 3.45. The minimum atomic E-state index is -1.00. The Morgan fingerprint density at radius 1 is 1.32 bits per heavy atom. The fraction of sp³-hybridized carbons (Fsp3) is 0.400. The standard InChI is InChI=1S/C15H20O4/c1-2-3-4-5-10-19-14-11-12(6-8-13(14)16)7-9-15(17)18/h6-9,11,16H,2-5,10H2,1H3,(H,17,18). The molecule has 2 N–H and O–H groups in total. The molecule has 1 rings (SSSR count). The molecule has 4 nitrogen and oxygen atoms in total. The SMILES string of the molecule is CCCCCCOc1cc(C=CC(=O)O)ccc1O. The van der Waals surface area contributed by atoms with Gasteiger partial charge in [-0.3, -0.25) is 0 Å². The Morgan fingerprint density at radius 2 is 2.11 bits per heavy atom. The van der Waals surface area contributed by atoms with Crippen LogP contribution in [0.1, 0.15) is 38.2 Å². The van der Waals surface area contributed by atoms with Crippen LogP contribution in [0.4, 0.5) is 0 Å². The van der Waals surface area contributed by atoms with Gasteiger partial charge in [-0.25, -0.2) is 4.79 Å². The van der Waals surface area contributed by atoms with E-state index in [0.29, 0.717) is 17.9 Å². The largest absolute Gasteiger partial charge is 0.504 e. The Hall–Kier alpha value is -1.97. The third-order valence-electron chi connectivity index (χ3n) is 2.66. The quantitative estimate of drug-likeness (QED) is 0.557. The molecule has 0 aliphatic heterocycles. The Balaban J connectivity index is 2.56.